The third-order valence-corrected chi connectivity index (χ3v) is 6.22. The summed E-state index contributed by atoms with van der Waals surface area (Å²) >= 11 is 4.89. The van der Waals surface area contributed by atoms with E-state index in [1.807, 2.05) is 46.7 Å². The lowest BCUT2D eigenvalue weighted by Crippen LogP contribution is -2.26. The van der Waals surface area contributed by atoms with Gasteiger partial charge in [-0.25, -0.2) is 4.98 Å². The van der Waals surface area contributed by atoms with Crippen LogP contribution in [0.15, 0.2) is 64.1 Å². The van der Waals surface area contributed by atoms with Crippen molar-refractivity contribution in [2.24, 2.45) is 0 Å². The molecule has 0 saturated carbocycles. The van der Waals surface area contributed by atoms with E-state index in [1.54, 1.807) is 0 Å². The summed E-state index contributed by atoms with van der Waals surface area (Å²) in [5.74, 6) is 0.933. The Balaban J connectivity index is 1.60. The van der Waals surface area contributed by atoms with Gasteiger partial charge in [0.15, 0.2) is 0 Å². The minimum Gasteiger partial charge on any atom is -0.510 e. The largest absolute Gasteiger partial charge is 0.510 e. The molecule has 4 rings (SSSR count). The monoisotopic (exact) mass is 453 g/mol. The highest BCUT2D eigenvalue weighted by Gasteiger charge is 2.31. The summed E-state index contributed by atoms with van der Waals surface area (Å²) in [5.41, 5.74) is 4.53. The number of amidine groups is 1. The van der Waals surface area contributed by atoms with Crippen molar-refractivity contribution in [1.29, 1.82) is 5.41 Å². The first kappa shape index (κ1) is 18.9. The quantitative estimate of drug-likeness (QED) is 0.476. The lowest BCUT2D eigenvalue weighted by atomic mass is 10.0. The summed E-state index contributed by atoms with van der Waals surface area (Å²) in [4.78, 5) is 6.49. The fraction of sp³-hybridized carbons (Fsp3) is 0.182. The molecule has 2 aromatic carbocycles. The van der Waals surface area contributed by atoms with Crippen molar-refractivity contribution in [3.05, 3.63) is 74.7 Å². The van der Waals surface area contributed by atoms with Crippen molar-refractivity contribution in [3.8, 4) is 11.3 Å². The van der Waals surface area contributed by atoms with E-state index in [4.69, 9.17) is 5.41 Å². The number of anilines is 1. The zero-order valence-corrected chi connectivity index (χ0v) is 18.0. The first-order valence-electron chi connectivity index (χ1n) is 9.04. The maximum atomic E-state index is 10.6. The average molecular weight is 454 g/mol. The van der Waals surface area contributed by atoms with Gasteiger partial charge in [0.1, 0.15) is 16.6 Å². The summed E-state index contributed by atoms with van der Waals surface area (Å²) in [7, 11) is 0. The Bertz CT molecular complexity index is 1050. The number of aliphatic hydroxyl groups excluding tert-OH is 1. The molecule has 0 radical (unpaired) electrons. The summed E-state index contributed by atoms with van der Waals surface area (Å²) < 4.78 is 1.02. The molecule has 2 heterocycles. The Morgan fingerprint density at radius 2 is 1.79 bits per heavy atom. The second-order valence-corrected chi connectivity index (χ2v) is 8.82. The van der Waals surface area contributed by atoms with Crippen LogP contribution in [0.3, 0.4) is 0 Å². The molecule has 0 amide bonds. The lowest BCUT2D eigenvalue weighted by molar-refractivity contribution is 0.411. The lowest BCUT2D eigenvalue weighted by Gasteiger charge is -2.19. The van der Waals surface area contributed by atoms with Crippen molar-refractivity contribution in [2.75, 3.05) is 11.4 Å². The normalized spacial score (nSPS) is 14.4. The summed E-state index contributed by atoms with van der Waals surface area (Å²) in [6, 6.07) is 16.1. The summed E-state index contributed by atoms with van der Waals surface area (Å²) in [6.07, 6.45) is 0. The van der Waals surface area contributed by atoms with Crippen LogP contribution in [0, 0.1) is 5.41 Å². The standard InChI is InChI=1S/C22H20BrN3OS/c1-13(2)14-5-9-17(10-6-14)26-11-19(27)20(21(26)24)22-25-18(12-28-22)15-3-7-16(23)8-4-15/h3-10,12-13,24,27H,11H2,1-2H3. The van der Waals surface area contributed by atoms with Crippen molar-refractivity contribution in [2.45, 2.75) is 19.8 Å². The fourth-order valence-corrected chi connectivity index (χ4v) is 4.37. The highest BCUT2D eigenvalue weighted by Crippen LogP contribution is 2.35. The number of thiazole rings is 1. The smallest absolute Gasteiger partial charge is 0.139 e. The highest BCUT2D eigenvalue weighted by molar-refractivity contribution is 9.10. The Labute approximate surface area is 176 Å². The molecule has 0 fully saturated rings. The van der Waals surface area contributed by atoms with Crippen LogP contribution in [0.4, 0.5) is 5.69 Å². The molecule has 0 bridgehead atoms. The molecular formula is C22H20BrN3OS. The zero-order chi connectivity index (χ0) is 19.8. The molecule has 1 aromatic heterocycles. The Hall–Kier alpha value is -2.44. The number of halogens is 1. The molecule has 28 heavy (non-hydrogen) atoms. The van der Waals surface area contributed by atoms with Crippen LogP contribution in [0.25, 0.3) is 16.8 Å². The van der Waals surface area contributed by atoms with Crippen LogP contribution in [-0.2, 0) is 0 Å². The van der Waals surface area contributed by atoms with Crippen LogP contribution in [0.2, 0.25) is 0 Å². The van der Waals surface area contributed by atoms with Crippen molar-refractivity contribution in [1.82, 2.24) is 4.98 Å². The van der Waals surface area contributed by atoms with Crippen molar-refractivity contribution >= 4 is 44.4 Å². The topological polar surface area (TPSA) is 60.2 Å². The van der Waals surface area contributed by atoms with Gasteiger partial charge in [0, 0.05) is 21.1 Å². The van der Waals surface area contributed by atoms with Gasteiger partial charge >= 0.3 is 0 Å². The van der Waals surface area contributed by atoms with E-state index in [9.17, 15) is 5.11 Å². The van der Waals surface area contributed by atoms with Gasteiger partial charge in [0.25, 0.3) is 0 Å². The second kappa shape index (κ2) is 7.53. The minimum absolute atomic E-state index is 0.189. The summed E-state index contributed by atoms with van der Waals surface area (Å²) in [6.45, 7) is 4.61. The number of benzene rings is 2. The van der Waals surface area contributed by atoms with Crippen molar-refractivity contribution < 1.29 is 5.11 Å². The molecule has 1 aliphatic rings. The molecule has 0 spiro atoms. The van der Waals surface area contributed by atoms with E-state index < -0.39 is 0 Å². The number of nitrogens with zero attached hydrogens (tertiary/aromatic N) is 2. The maximum absolute atomic E-state index is 10.6. The van der Waals surface area contributed by atoms with Gasteiger partial charge in [-0.1, -0.05) is 54.0 Å². The Morgan fingerprint density at radius 1 is 1.11 bits per heavy atom. The van der Waals surface area contributed by atoms with Crippen LogP contribution in [-0.4, -0.2) is 22.5 Å². The molecule has 0 aliphatic carbocycles. The van der Waals surface area contributed by atoms with Crippen molar-refractivity contribution in [3.63, 3.8) is 0 Å². The molecule has 0 atom stereocenters. The van der Waals surface area contributed by atoms with E-state index in [0.29, 0.717) is 23.0 Å². The van der Waals surface area contributed by atoms with Gasteiger partial charge in [-0.05, 0) is 35.7 Å². The van der Waals surface area contributed by atoms with E-state index in [-0.39, 0.29) is 11.6 Å². The van der Waals surface area contributed by atoms with E-state index in [1.165, 1.54) is 16.9 Å². The molecule has 1 aliphatic heterocycles. The van der Waals surface area contributed by atoms with Gasteiger partial charge < -0.3 is 10.0 Å². The van der Waals surface area contributed by atoms with Gasteiger partial charge in [-0.15, -0.1) is 11.3 Å². The van der Waals surface area contributed by atoms with Crippen LogP contribution in [0.5, 0.6) is 0 Å². The molecule has 6 heteroatoms. The zero-order valence-electron chi connectivity index (χ0n) is 15.6. The van der Waals surface area contributed by atoms with Gasteiger partial charge in [-0.2, -0.15) is 0 Å². The Kier molecular flexibility index (Phi) is 5.08. The predicted molar refractivity (Wildman–Crippen MR) is 120 cm³/mol. The van der Waals surface area contributed by atoms with E-state index >= 15 is 0 Å². The van der Waals surface area contributed by atoms with Gasteiger partial charge in [-0.3, -0.25) is 5.41 Å². The number of nitrogens with one attached hydrogen (secondary N) is 1. The minimum atomic E-state index is 0.189. The number of aliphatic hydroxyl groups is 1. The van der Waals surface area contributed by atoms with Crippen LogP contribution < -0.4 is 4.90 Å². The molecule has 2 N–H and O–H groups in total. The van der Waals surface area contributed by atoms with E-state index in [0.717, 1.165) is 21.4 Å². The Morgan fingerprint density at radius 3 is 2.43 bits per heavy atom. The number of rotatable bonds is 4. The average Bonchev–Trinajstić information content (AvgIpc) is 3.27. The fourth-order valence-electron chi connectivity index (χ4n) is 3.21. The third-order valence-electron chi connectivity index (χ3n) is 4.83. The van der Waals surface area contributed by atoms with Crippen LogP contribution in [0.1, 0.15) is 30.3 Å². The molecule has 0 unspecified atom stereocenters. The SMILES string of the molecule is CC(C)c1ccc(N2CC(O)=C(c3nc(-c4ccc(Br)cc4)cs3)C2=N)cc1. The molecule has 4 nitrogen and oxygen atoms in total. The second-order valence-electron chi connectivity index (χ2n) is 7.05. The molecule has 0 saturated heterocycles. The first-order chi connectivity index (χ1) is 13.4. The number of hydrogen-bond donors (Lipinski definition) is 2. The first-order valence-corrected chi connectivity index (χ1v) is 10.7. The molecule has 3 aromatic rings. The van der Waals surface area contributed by atoms with Crippen LogP contribution >= 0.6 is 27.3 Å². The third kappa shape index (κ3) is 3.50. The number of aromatic nitrogens is 1. The summed E-state index contributed by atoms with van der Waals surface area (Å²) in [5, 5.41) is 21.8. The highest BCUT2D eigenvalue weighted by atomic mass is 79.9. The molecular weight excluding hydrogens is 434 g/mol. The van der Waals surface area contributed by atoms with Gasteiger partial charge in [0.2, 0.25) is 0 Å². The van der Waals surface area contributed by atoms with E-state index in [2.05, 4.69) is 46.9 Å². The maximum Gasteiger partial charge on any atom is 0.139 e. The molecule has 142 valence electrons. The number of hydrogen-bond acceptors (Lipinski definition) is 4. The van der Waals surface area contributed by atoms with Gasteiger partial charge in [0.05, 0.1) is 17.8 Å². The predicted octanol–water partition coefficient (Wildman–Crippen LogP) is 6.46.